The van der Waals surface area contributed by atoms with Crippen LogP contribution in [0.5, 0.6) is 0 Å². The number of Topliss-reactive ketones (excluding diaryl/α,β-unsaturated/α-hetero) is 1. The number of unbranched alkanes of at least 4 members (excludes halogenated alkanes) is 9. The van der Waals surface area contributed by atoms with Gasteiger partial charge in [0.2, 0.25) is 15.9 Å². The van der Waals surface area contributed by atoms with Gasteiger partial charge in [-0.3, -0.25) is 14.3 Å². The molecule has 1 amide bonds. The van der Waals surface area contributed by atoms with E-state index in [0.717, 1.165) is 19.3 Å². The fraction of sp³-hybridized carbons (Fsp3) is 0.680. The minimum Gasteiger partial charge on any atom is -0.323 e. The quantitative estimate of drug-likeness (QED) is 0.133. The van der Waals surface area contributed by atoms with E-state index in [2.05, 4.69) is 17.0 Å². The number of hydrogen-bond donors (Lipinski definition) is 2. The van der Waals surface area contributed by atoms with Crippen LogP contribution in [0.3, 0.4) is 0 Å². The largest absolute Gasteiger partial charge is 0.323 e. The van der Waals surface area contributed by atoms with Crippen LogP contribution in [0.25, 0.3) is 0 Å². The molecule has 0 aromatic heterocycles. The van der Waals surface area contributed by atoms with Crippen LogP contribution in [-0.4, -0.2) is 31.2 Å². The third-order valence-corrected chi connectivity index (χ3v) is 7.56. The molecule has 1 aromatic rings. The summed E-state index contributed by atoms with van der Waals surface area (Å²) in [7, 11) is -3.54. The Kier molecular flexibility index (Phi) is 13.5. The van der Waals surface area contributed by atoms with Crippen LogP contribution in [0.4, 0.5) is 11.4 Å². The highest BCUT2D eigenvalue weighted by molar-refractivity contribution is 7.92. The third-order valence-electron chi connectivity index (χ3n) is 5.46. The summed E-state index contributed by atoms with van der Waals surface area (Å²) >= 11 is 12.2. The number of carbonyl (C=O) groups excluding carboxylic acids is 2. The maximum absolute atomic E-state index is 12.5. The molecule has 0 aliphatic carbocycles. The van der Waals surface area contributed by atoms with Gasteiger partial charge < -0.3 is 5.32 Å². The van der Waals surface area contributed by atoms with Gasteiger partial charge in [0.15, 0.2) is 11.2 Å². The van der Waals surface area contributed by atoms with Crippen molar-refractivity contribution >= 4 is 56.3 Å². The third kappa shape index (κ3) is 11.9. The summed E-state index contributed by atoms with van der Waals surface area (Å²) in [5, 5.41) is 1.34. The van der Waals surface area contributed by atoms with Crippen LogP contribution >= 0.6 is 23.2 Å². The summed E-state index contributed by atoms with van der Waals surface area (Å²) < 4.78 is 27.5. The summed E-state index contributed by atoms with van der Waals surface area (Å²) in [5.74, 6) is -1.11. The number of anilines is 2. The van der Waals surface area contributed by atoms with Gasteiger partial charge in [0.25, 0.3) is 0 Å². The van der Waals surface area contributed by atoms with Gasteiger partial charge in [0.05, 0.1) is 22.2 Å². The number of amides is 1. The minimum absolute atomic E-state index is 0.0255. The van der Waals surface area contributed by atoms with Crippen LogP contribution in [0.1, 0.15) is 91.9 Å². The van der Waals surface area contributed by atoms with Gasteiger partial charge in [-0.05, 0) is 24.6 Å². The molecule has 2 N–H and O–H groups in total. The van der Waals surface area contributed by atoms with Gasteiger partial charge in [-0.2, -0.15) is 0 Å². The highest BCUT2D eigenvalue weighted by Crippen LogP contribution is 2.28. The van der Waals surface area contributed by atoms with E-state index in [0.29, 0.717) is 6.42 Å². The Morgan fingerprint density at radius 3 is 2.00 bits per heavy atom. The molecule has 34 heavy (non-hydrogen) atoms. The van der Waals surface area contributed by atoms with E-state index in [-0.39, 0.29) is 22.2 Å². The standard InChI is InChI=1S/C25H40Cl2N2O4S/c1-5-6-7-8-9-10-11-12-13-14-17-34(32,33)29-19-15-16-20(26)21(18-19)28-24(31)22(27)23(30)25(2,3)4/h15-16,18,22,29H,5-14,17H2,1-4H3,(H,28,31). The minimum atomic E-state index is -3.54. The molecule has 1 aromatic carbocycles. The zero-order valence-electron chi connectivity index (χ0n) is 20.9. The van der Waals surface area contributed by atoms with Crippen LogP contribution in [0.15, 0.2) is 18.2 Å². The van der Waals surface area contributed by atoms with Crippen molar-refractivity contribution in [2.24, 2.45) is 5.41 Å². The van der Waals surface area contributed by atoms with Crippen molar-refractivity contribution in [2.45, 2.75) is 97.3 Å². The molecule has 0 fully saturated rings. The number of rotatable bonds is 16. The van der Waals surface area contributed by atoms with Crippen molar-refractivity contribution in [3.8, 4) is 0 Å². The van der Waals surface area contributed by atoms with Gasteiger partial charge in [0, 0.05) is 5.41 Å². The Morgan fingerprint density at radius 1 is 0.941 bits per heavy atom. The lowest BCUT2D eigenvalue weighted by Crippen LogP contribution is -2.37. The van der Waals surface area contributed by atoms with Gasteiger partial charge in [-0.1, -0.05) is 97.1 Å². The first kappa shape index (κ1) is 30.7. The molecule has 1 rings (SSSR count). The van der Waals surface area contributed by atoms with E-state index < -0.39 is 32.5 Å². The summed E-state index contributed by atoms with van der Waals surface area (Å²) in [6.45, 7) is 7.24. The molecule has 0 radical (unpaired) electrons. The highest BCUT2D eigenvalue weighted by atomic mass is 35.5. The lowest BCUT2D eigenvalue weighted by atomic mass is 9.88. The summed E-state index contributed by atoms with van der Waals surface area (Å²) in [4.78, 5) is 24.7. The second-order valence-electron chi connectivity index (χ2n) is 9.76. The number of alkyl halides is 1. The van der Waals surface area contributed by atoms with Crippen molar-refractivity contribution in [1.29, 1.82) is 0 Å². The molecule has 0 aliphatic heterocycles. The zero-order valence-corrected chi connectivity index (χ0v) is 23.2. The molecule has 1 atom stereocenters. The van der Waals surface area contributed by atoms with Crippen molar-refractivity contribution in [3.05, 3.63) is 23.2 Å². The molecule has 0 aliphatic rings. The lowest BCUT2D eigenvalue weighted by molar-refractivity contribution is -0.130. The second-order valence-corrected chi connectivity index (χ2v) is 12.4. The molecular formula is C25H40Cl2N2O4S. The summed E-state index contributed by atoms with van der Waals surface area (Å²) in [6.07, 6.45) is 11.2. The van der Waals surface area contributed by atoms with Crippen molar-refractivity contribution < 1.29 is 18.0 Å². The SMILES string of the molecule is CCCCCCCCCCCCS(=O)(=O)Nc1ccc(Cl)c(NC(=O)C(Cl)C(=O)C(C)(C)C)c1. The normalized spacial score (nSPS) is 12.9. The van der Waals surface area contributed by atoms with Crippen molar-refractivity contribution in [3.63, 3.8) is 0 Å². The van der Waals surface area contributed by atoms with E-state index in [4.69, 9.17) is 23.2 Å². The van der Waals surface area contributed by atoms with E-state index >= 15 is 0 Å². The number of carbonyl (C=O) groups is 2. The molecule has 0 saturated carbocycles. The first-order valence-corrected chi connectivity index (χ1v) is 14.6. The van der Waals surface area contributed by atoms with Crippen LogP contribution in [-0.2, 0) is 19.6 Å². The molecule has 1 unspecified atom stereocenters. The Balaban J connectivity index is 2.53. The molecule has 194 valence electrons. The van der Waals surface area contributed by atoms with E-state index in [1.54, 1.807) is 20.8 Å². The predicted octanol–water partition coefficient (Wildman–Crippen LogP) is 7.16. The smallest absolute Gasteiger partial charge is 0.250 e. The van der Waals surface area contributed by atoms with Crippen molar-refractivity contribution in [2.75, 3.05) is 15.8 Å². The average Bonchev–Trinajstić information content (AvgIpc) is 2.75. The fourth-order valence-corrected chi connectivity index (χ4v) is 5.11. The number of sulfonamides is 1. The monoisotopic (exact) mass is 534 g/mol. The Morgan fingerprint density at radius 2 is 1.47 bits per heavy atom. The maximum atomic E-state index is 12.5. The number of halogens is 2. The second kappa shape index (κ2) is 14.9. The number of benzene rings is 1. The van der Waals surface area contributed by atoms with Gasteiger partial charge >= 0.3 is 0 Å². The maximum Gasteiger partial charge on any atom is 0.250 e. The van der Waals surface area contributed by atoms with Gasteiger partial charge in [0.1, 0.15) is 0 Å². The number of nitrogens with one attached hydrogen (secondary N) is 2. The predicted molar refractivity (Wildman–Crippen MR) is 143 cm³/mol. The van der Waals surface area contributed by atoms with E-state index in [9.17, 15) is 18.0 Å². The topological polar surface area (TPSA) is 92.3 Å². The molecule has 0 heterocycles. The Bertz CT molecular complexity index is 899. The average molecular weight is 536 g/mol. The number of ketones is 1. The fourth-order valence-electron chi connectivity index (χ4n) is 3.39. The molecule has 0 saturated heterocycles. The Hall–Kier alpha value is -1.31. The van der Waals surface area contributed by atoms with Gasteiger partial charge in [-0.25, -0.2) is 8.42 Å². The lowest BCUT2D eigenvalue weighted by Gasteiger charge is -2.20. The zero-order chi connectivity index (χ0) is 25.8. The van der Waals surface area contributed by atoms with Crippen LogP contribution in [0, 0.1) is 5.41 Å². The molecular weight excluding hydrogens is 495 g/mol. The van der Waals surface area contributed by atoms with Gasteiger partial charge in [-0.15, -0.1) is 11.6 Å². The van der Waals surface area contributed by atoms with Crippen LogP contribution in [0.2, 0.25) is 5.02 Å². The van der Waals surface area contributed by atoms with Crippen molar-refractivity contribution in [1.82, 2.24) is 0 Å². The van der Waals surface area contributed by atoms with Crippen LogP contribution < -0.4 is 10.0 Å². The molecule has 6 nitrogen and oxygen atoms in total. The van der Waals surface area contributed by atoms with E-state index in [1.165, 1.54) is 56.7 Å². The molecule has 9 heteroatoms. The highest BCUT2D eigenvalue weighted by Gasteiger charge is 2.33. The Labute approximate surface area is 215 Å². The first-order valence-electron chi connectivity index (χ1n) is 12.2. The number of hydrogen-bond acceptors (Lipinski definition) is 4. The van der Waals surface area contributed by atoms with E-state index in [1.807, 2.05) is 0 Å². The summed E-state index contributed by atoms with van der Waals surface area (Å²) in [6, 6.07) is 4.42. The summed E-state index contributed by atoms with van der Waals surface area (Å²) in [5.41, 5.74) is -0.321. The first-order chi connectivity index (χ1) is 15.9. The molecule has 0 bridgehead atoms. The molecule has 0 spiro atoms.